The second kappa shape index (κ2) is 3.94. The maximum absolute atomic E-state index is 12.2. The van der Waals surface area contributed by atoms with Gasteiger partial charge >= 0.3 is 0 Å². The van der Waals surface area contributed by atoms with E-state index in [-0.39, 0.29) is 5.78 Å². The summed E-state index contributed by atoms with van der Waals surface area (Å²) in [5.74, 6) is 0.702. The average molecular weight is 226 g/mol. The van der Waals surface area contributed by atoms with Crippen molar-refractivity contribution in [1.82, 2.24) is 0 Å². The molecule has 1 atom stereocenters. The first kappa shape index (κ1) is 10.6. The van der Waals surface area contributed by atoms with Gasteiger partial charge in [0.25, 0.3) is 0 Å². The number of ketones is 1. The molecule has 0 N–H and O–H groups in total. The van der Waals surface area contributed by atoms with Crippen molar-refractivity contribution in [3.63, 3.8) is 0 Å². The maximum Gasteiger partial charge on any atom is 0.207 e. The molecular weight excluding hydrogens is 212 g/mol. The molecule has 1 saturated heterocycles. The van der Waals surface area contributed by atoms with Gasteiger partial charge in [0.1, 0.15) is 16.2 Å². The van der Waals surface area contributed by atoms with Gasteiger partial charge in [0.05, 0.1) is 7.11 Å². The van der Waals surface area contributed by atoms with Crippen LogP contribution in [0.3, 0.4) is 0 Å². The summed E-state index contributed by atoms with van der Waals surface area (Å²) in [7, 11) is 1.58. The molecule has 0 radical (unpaired) electrons. The van der Waals surface area contributed by atoms with E-state index in [0.29, 0.717) is 17.2 Å². The topological polar surface area (TPSA) is 35.5 Å². The van der Waals surface area contributed by atoms with Crippen molar-refractivity contribution in [2.24, 2.45) is 0 Å². The Balaban J connectivity index is 2.27. The zero-order valence-corrected chi connectivity index (χ0v) is 9.73. The Morgan fingerprint density at radius 3 is 3.07 bits per heavy atom. The van der Waals surface area contributed by atoms with Crippen LogP contribution < -0.4 is 4.74 Å². The van der Waals surface area contributed by atoms with Gasteiger partial charge in [-0.25, -0.2) is 0 Å². The highest BCUT2D eigenvalue weighted by Gasteiger charge is 2.39. The summed E-state index contributed by atoms with van der Waals surface area (Å²) >= 11 is 1.41. The molecule has 3 nitrogen and oxygen atoms in total. The lowest BCUT2D eigenvalue weighted by Gasteiger charge is -2.20. The largest absolute Gasteiger partial charge is 0.495 e. The van der Waals surface area contributed by atoms with Gasteiger partial charge in [-0.3, -0.25) is 4.79 Å². The summed E-state index contributed by atoms with van der Waals surface area (Å²) in [5, 5.41) is 1.87. The summed E-state index contributed by atoms with van der Waals surface area (Å²) in [5.41, 5.74) is -0.641. The first-order valence-corrected chi connectivity index (χ1v) is 5.85. The van der Waals surface area contributed by atoms with Crippen LogP contribution in [0.4, 0.5) is 0 Å². The van der Waals surface area contributed by atoms with Crippen LogP contribution in [0.2, 0.25) is 0 Å². The Morgan fingerprint density at radius 1 is 1.67 bits per heavy atom. The number of ether oxygens (including phenoxy) is 2. The number of thiophene rings is 1. The monoisotopic (exact) mass is 226 g/mol. The maximum atomic E-state index is 12.2. The van der Waals surface area contributed by atoms with E-state index >= 15 is 0 Å². The van der Waals surface area contributed by atoms with Gasteiger partial charge in [0.15, 0.2) is 0 Å². The van der Waals surface area contributed by atoms with Crippen molar-refractivity contribution in [3.05, 3.63) is 16.3 Å². The minimum absolute atomic E-state index is 0.0480. The van der Waals surface area contributed by atoms with E-state index in [1.807, 2.05) is 18.4 Å². The molecule has 0 aromatic carbocycles. The fourth-order valence-corrected chi connectivity index (χ4v) is 2.74. The van der Waals surface area contributed by atoms with Gasteiger partial charge in [-0.2, -0.15) is 0 Å². The molecule has 0 bridgehead atoms. The number of methoxy groups -OCH3 is 1. The van der Waals surface area contributed by atoms with Crippen LogP contribution in [-0.2, 0) is 4.74 Å². The quantitative estimate of drug-likeness (QED) is 0.743. The molecule has 82 valence electrons. The highest BCUT2D eigenvalue weighted by molar-refractivity contribution is 7.12. The molecule has 1 aliphatic rings. The highest BCUT2D eigenvalue weighted by atomic mass is 32.1. The fraction of sp³-hybridized carbons (Fsp3) is 0.545. The van der Waals surface area contributed by atoms with Crippen molar-refractivity contribution >= 4 is 17.1 Å². The lowest BCUT2D eigenvalue weighted by molar-refractivity contribution is 0.0215. The molecule has 4 heteroatoms. The van der Waals surface area contributed by atoms with Crippen LogP contribution in [0.1, 0.15) is 29.4 Å². The second-order valence-electron chi connectivity index (χ2n) is 3.83. The van der Waals surface area contributed by atoms with Gasteiger partial charge in [0.2, 0.25) is 5.78 Å². The van der Waals surface area contributed by atoms with E-state index in [0.717, 1.165) is 12.8 Å². The first-order chi connectivity index (χ1) is 7.17. The van der Waals surface area contributed by atoms with E-state index in [2.05, 4.69) is 0 Å². The Hall–Kier alpha value is -0.870. The van der Waals surface area contributed by atoms with E-state index in [4.69, 9.17) is 9.47 Å². The van der Waals surface area contributed by atoms with Crippen molar-refractivity contribution < 1.29 is 14.3 Å². The van der Waals surface area contributed by atoms with E-state index in [1.54, 1.807) is 7.11 Å². The lowest BCUT2D eigenvalue weighted by Crippen LogP contribution is -2.33. The number of hydrogen-bond acceptors (Lipinski definition) is 4. The molecule has 15 heavy (non-hydrogen) atoms. The Morgan fingerprint density at radius 2 is 2.47 bits per heavy atom. The number of carbonyl (C=O) groups excluding carboxylic acids is 1. The molecule has 0 aliphatic carbocycles. The fourth-order valence-electron chi connectivity index (χ4n) is 1.82. The Bertz CT molecular complexity index is 364. The highest BCUT2D eigenvalue weighted by Crippen LogP contribution is 2.34. The normalized spacial score (nSPS) is 25.5. The number of carbonyl (C=O) groups is 1. The minimum Gasteiger partial charge on any atom is -0.495 e. The SMILES string of the molecule is COc1ccsc1C(=O)C1(C)CCCO1. The van der Waals surface area contributed by atoms with Crippen molar-refractivity contribution in [3.8, 4) is 5.75 Å². The van der Waals surface area contributed by atoms with Crippen molar-refractivity contribution in [1.29, 1.82) is 0 Å². The Labute approximate surface area is 93.0 Å². The summed E-state index contributed by atoms with van der Waals surface area (Å²) in [6.07, 6.45) is 1.75. The van der Waals surface area contributed by atoms with E-state index in [9.17, 15) is 4.79 Å². The standard InChI is InChI=1S/C11H14O3S/c1-11(5-3-6-14-11)10(12)9-8(13-2)4-7-15-9/h4,7H,3,5-6H2,1-2H3. The third-order valence-corrected chi connectivity index (χ3v) is 3.65. The molecule has 0 amide bonds. The zero-order chi connectivity index (χ0) is 10.9. The van der Waals surface area contributed by atoms with Gasteiger partial charge in [-0.15, -0.1) is 11.3 Å². The second-order valence-corrected chi connectivity index (χ2v) is 4.75. The van der Waals surface area contributed by atoms with E-state index < -0.39 is 5.60 Å². The molecule has 1 aliphatic heterocycles. The third kappa shape index (κ3) is 1.79. The first-order valence-electron chi connectivity index (χ1n) is 4.97. The van der Waals surface area contributed by atoms with Crippen LogP contribution in [0.25, 0.3) is 0 Å². The summed E-state index contributed by atoms with van der Waals surface area (Å²) in [6, 6.07) is 1.82. The minimum atomic E-state index is -0.641. The number of Topliss-reactive ketones (excluding diaryl/α,β-unsaturated/α-hetero) is 1. The third-order valence-electron chi connectivity index (χ3n) is 2.75. The molecule has 1 aromatic rings. The summed E-state index contributed by atoms with van der Waals surface area (Å²) in [4.78, 5) is 12.9. The van der Waals surface area contributed by atoms with Crippen molar-refractivity contribution in [2.75, 3.05) is 13.7 Å². The van der Waals surface area contributed by atoms with Gasteiger partial charge in [-0.05, 0) is 31.2 Å². The molecule has 0 saturated carbocycles. The average Bonchev–Trinajstić information content (AvgIpc) is 2.85. The smallest absolute Gasteiger partial charge is 0.207 e. The predicted molar refractivity (Wildman–Crippen MR) is 58.8 cm³/mol. The van der Waals surface area contributed by atoms with Crippen molar-refractivity contribution in [2.45, 2.75) is 25.4 Å². The Kier molecular flexibility index (Phi) is 2.80. The molecular formula is C11H14O3S. The predicted octanol–water partition coefficient (Wildman–Crippen LogP) is 2.51. The van der Waals surface area contributed by atoms with Crippen LogP contribution in [0, 0.1) is 0 Å². The van der Waals surface area contributed by atoms with Gasteiger partial charge in [0, 0.05) is 6.61 Å². The summed E-state index contributed by atoms with van der Waals surface area (Å²) in [6.45, 7) is 2.54. The molecule has 1 aromatic heterocycles. The molecule has 1 fully saturated rings. The molecule has 1 unspecified atom stereocenters. The van der Waals surface area contributed by atoms with E-state index in [1.165, 1.54) is 11.3 Å². The molecule has 2 heterocycles. The van der Waals surface area contributed by atoms with Gasteiger partial charge < -0.3 is 9.47 Å². The molecule has 0 spiro atoms. The van der Waals surface area contributed by atoms with Crippen LogP contribution in [0.5, 0.6) is 5.75 Å². The molecule has 2 rings (SSSR count). The van der Waals surface area contributed by atoms with Crippen LogP contribution >= 0.6 is 11.3 Å². The zero-order valence-electron chi connectivity index (χ0n) is 8.91. The lowest BCUT2D eigenvalue weighted by atomic mass is 9.96. The summed E-state index contributed by atoms with van der Waals surface area (Å²) < 4.78 is 10.7. The van der Waals surface area contributed by atoms with Crippen LogP contribution in [-0.4, -0.2) is 25.1 Å². The van der Waals surface area contributed by atoms with Crippen LogP contribution in [0.15, 0.2) is 11.4 Å². The number of rotatable bonds is 3. The number of hydrogen-bond donors (Lipinski definition) is 0. The van der Waals surface area contributed by atoms with Gasteiger partial charge in [-0.1, -0.05) is 0 Å².